The van der Waals surface area contributed by atoms with Crippen LogP contribution in [0.3, 0.4) is 0 Å². The van der Waals surface area contributed by atoms with Crippen LogP contribution in [0.1, 0.15) is 29.6 Å². The van der Waals surface area contributed by atoms with Crippen LogP contribution in [0.2, 0.25) is 5.02 Å². The quantitative estimate of drug-likeness (QED) is 0.932. The molecule has 0 aliphatic carbocycles. The number of nitrogens with zero attached hydrogens (tertiary/aromatic N) is 2. The molecular weight excluding hydrogens is 286 g/mol. The van der Waals surface area contributed by atoms with Crippen molar-refractivity contribution in [2.45, 2.75) is 25.3 Å². The first-order valence-corrected chi connectivity index (χ1v) is 7.81. The van der Waals surface area contributed by atoms with Crippen LogP contribution in [0.25, 0.3) is 0 Å². The monoisotopic (exact) mass is 309 g/mol. The molecule has 1 aliphatic rings. The Balaban J connectivity index is 2.18. The van der Waals surface area contributed by atoms with E-state index >= 15 is 0 Å². The zero-order valence-corrected chi connectivity index (χ0v) is 13.8. The van der Waals surface area contributed by atoms with Gasteiger partial charge in [0.15, 0.2) is 0 Å². The molecule has 0 aromatic heterocycles. The summed E-state index contributed by atoms with van der Waals surface area (Å²) in [5, 5.41) is 4.18. The summed E-state index contributed by atoms with van der Waals surface area (Å²) in [6.07, 6.45) is 3.37. The van der Waals surface area contributed by atoms with Gasteiger partial charge in [0.05, 0.1) is 5.56 Å². The van der Waals surface area contributed by atoms with Gasteiger partial charge in [-0.15, -0.1) is 0 Å². The number of halogens is 1. The fourth-order valence-corrected chi connectivity index (χ4v) is 2.84. The number of benzene rings is 1. The molecule has 1 saturated heterocycles. The summed E-state index contributed by atoms with van der Waals surface area (Å²) in [7, 11) is 5.69. The predicted molar refractivity (Wildman–Crippen MR) is 88.2 cm³/mol. The lowest BCUT2D eigenvalue weighted by atomic mass is 10.1. The van der Waals surface area contributed by atoms with E-state index < -0.39 is 0 Å². The molecule has 1 unspecified atom stereocenters. The van der Waals surface area contributed by atoms with E-state index in [9.17, 15) is 4.79 Å². The second-order valence-corrected chi connectivity index (χ2v) is 6.40. The van der Waals surface area contributed by atoms with E-state index in [0.717, 1.165) is 31.6 Å². The van der Waals surface area contributed by atoms with Crippen LogP contribution in [0.15, 0.2) is 18.2 Å². The van der Waals surface area contributed by atoms with Crippen LogP contribution in [-0.4, -0.2) is 56.0 Å². The van der Waals surface area contributed by atoms with Gasteiger partial charge in [-0.1, -0.05) is 11.6 Å². The Morgan fingerprint density at radius 3 is 2.81 bits per heavy atom. The standard InChI is InChI=1S/C16H24ClN3O/c1-19(2)16(21)14-7-6-12(17)11-15(14)18-13-5-4-9-20(3)10-8-13/h6-7,11,13,18H,4-5,8-10H2,1-3H3. The molecule has 0 spiro atoms. The van der Waals surface area contributed by atoms with Crippen LogP contribution < -0.4 is 5.32 Å². The predicted octanol–water partition coefficient (Wildman–Crippen LogP) is 2.94. The van der Waals surface area contributed by atoms with Crippen molar-refractivity contribution < 1.29 is 4.79 Å². The minimum atomic E-state index is -0.0000864. The Morgan fingerprint density at radius 2 is 2.10 bits per heavy atom. The highest BCUT2D eigenvalue weighted by molar-refractivity contribution is 6.31. The molecule has 1 fully saturated rings. The summed E-state index contributed by atoms with van der Waals surface area (Å²) in [4.78, 5) is 16.2. The first kappa shape index (κ1) is 16.1. The third-order valence-electron chi connectivity index (χ3n) is 3.93. The molecular formula is C16H24ClN3O. The third-order valence-corrected chi connectivity index (χ3v) is 4.16. The molecule has 1 N–H and O–H groups in total. The fraction of sp³-hybridized carbons (Fsp3) is 0.562. The number of hydrogen-bond donors (Lipinski definition) is 1. The number of rotatable bonds is 3. The van der Waals surface area contributed by atoms with Crippen LogP contribution in [0, 0.1) is 0 Å². The van der Waals surface area contributed by atoms with E-state index in [-0.39, 0.29) is 5.91 Å². The van der Waals surface area contributed by atoms with Crippen molar-refractivity contribution in [3.8, 4) is 0 Å². The number of nitrogens with one attached hydrogen (secondary N) is 1. The first-order valence-electron chi connectivity index (χ1n) is 7.43. The molecule has 1 aromatic rings. The normalized spacial score (nSPS) is 19.9. The summed E-state index contributed by atoms with van der Waals surface area (Å²) < 4.78 is 0. The van der Waals surface area contributed by atoms with Gasteiger partial charge in [0.2, 0.25) is 0 Å². The van der Waals surface area contributed by atoms with E-state index in [1.807, 2.05) is 6.07 Å². The molecule has 5 heteroatoms. The Kier molecular flexibility index (Phi) is 5.48. The van der Waals surface area contributed by atoms with Gasteiger partial charge in [0.25, 0.3) is 5.91 Å². The molecule has 0 bridgehead atoms. The van der Waals surface area contributed by atoms with Crippen molar-refractivity contribution in [2.75, 3.05) is 39.5 Å². The lowest BCUT2D eigenvalue weighted by molar-refractivity contribution is 0.0828. The molecule has 0 radical (unpaired) electrons. The van der Waals surface area contributed by atoms with Gasteiger partial charge in [-0.3, -0.25) is 4.79 Å². The van der Waals surface area contributed by atoms with Crippen molar-refractivity contribution >= 4 is 23.2 Å². The van der Waals surface area contributed by atoms with Crippen molar-refractivity contribution in [3.05, 3.63) is 28.8 Å². The molecule has 2 rings (SSSR count). The van der Waals surface area contributed by atoms with E-state index in [1.165, 1.54) is 6.42 Å². The Morgan fingerprint density at radius 1 is 1.33 bits per heavy atom. The number of amides is 1. The number of carbonyl (C=O) groups is 1. The molecule has 0 saturated carbocycles. The summed E-state index contributed by atoms with van der Waals surface area (Å²) in [5.74, 6) is -0.0000864. The molecule has 1 aromatic carbocycles. The summed E-state index contributed by atoms with van der Waals surface area (Å²) in [5.41, 5.74) is 1.53. The SMILES string of the molecule is CN1CCCC(Nc2cc(Cl)ccc2C(=O)N(C)C)CC1. The van der Waals surface area contributed by atoms with Crippen molar-refractivity contribution in [1.29, 1.82) is 0 Å². The second kappa shape index (κ2) is 7.14. The summed E-state index contributed by atoms with van der Waals surface area (Å²) >= 11 is 6.10. The highest BCUT2D eigenvalue weighted by Crippen LogP contribution is 2.25. The van der Waals surface area contributed by atoms with Gasteiger partial charge in [-0.25, -0.2) is 0 Å². The lowest BCUT2D eigenvalue weighted by Gasteiger charge is -2.21. The van der Waals surface area contributed by atoms with Gasteiger partial charge >= 0.3 is 0 Å². The molecule has 1 atom stereocenters. The second-order valence-electron chi connectivity index (χ2n) is 5.96. The van der Waals surface area contributed by atoms with E-state index in [1.54, 1.807) is 31.1 Å². The lowest BCUT2D eigenvalue weighted by Crippen LogP contribution is -2.26. The number of anilines is 1. The zero-order valence-electron chi connectivity index (χ0n) is 13.0. The van der Waals surface area contributed by atoms with Crippen molar-refractivity contribution in [2.24, 2.45) is 0 Å². The maximum atomic E-state index is 12.3. The smallest absolute Gasteiger partial charge is 0.255 e. The third kappa shape index (κ3) is 4.35. The summed E-state index contributed by atoms with van der Waals surface area (Å²) in [6.45, 7) is 2.21. The van der Waals surface area contributed by atoms with E-state index in [0.29, 0.717) is 16.6 Å². The number of hydrogen-bond acceptors (Lipinski definition) is 3. The molecule has 4 nitrogen and oxygen atoms in total. The molecule has 1 amide bonds. The van der Waals surface area contributed by atoms with Crippen LogP contribution in [0.4, 0.5) is 5.69 Å². The van der Waals surface area contributed by atoms with Crippen LogP contribution >= 0.6 is 11.6 Å². The van der Waals surface area contributed by atoms with Gasteiger partial charge in [0.1, 0.15) is 0 Å². The maximum absolute atomic E-state index is 12.3. The summed E-state index contributed by atoms with van der Waals surface area (Å²) in [6, 6.07) is 5.81. The fourth-order valence-electron chi connectivity index (χ4n) is 2.67. The average molecular weight is 310 g/mol. The number of likely N-dealkylation sites (tertiary alicyclic amines) is 1. The van der Waals surface area contributed by atoms with Gasteiger partial charge < -0.3 is 15.1 Å². The Hall–Kier alpha value is -1.26. The van der Waals surface area contributed by atoms with Crippen LogP contribution in [0.5, 0.6) is 0 Å². The van der Waals surface area contributed by atoms with Crippen LogP contribution in [-0.2, 0) is 0 Å². The zero-order chi connectivity index (χ0) is 15.4. The minimum absolute atomic E-state index is 0.0000864. The van der Waals surface area contributed by atoms with E-state index in [2.05, 4.69) is 17.3 Å². The Bertz CT molecular complexity index is 504. The molecule has 116 valence electrons. The number of carbonyl (C=O) groups excluding carboxylic acids is 1. The van der Waals surface area contributed by atoms with Crippen molar-refractivity contribution in [1.82, 2.24) is 9.80 Å². The Labute approximate surface area is 132 Å². The molecule has 1 aliphatic heterocycles. The minimum Gasteiger partial charge on any atom is -0.382 e. The average Bonchev–Trinajstić information content (AvgIpc) is 2.63. The van der Waals surface area contributed by atoms with E-state index in [4.69, 9.17) is 11.6 Å². The van der Waals surface area contributed by atoms with Gasteiger partial charge in [-0.2, -0.15) is 0 Å². The highest BCUT2D eigenvalue weighted by atomic mass is 35.5. The molecule has 21 heavy (non-hydrogen) atoms. The van der Waals surface area contributed by atoms with Gasteiger partial charge in [-0.05, 0) is 57.6 Å². The van der Waals surface area contributed by atoms with Gasteiger partial charge in [0, 0.05) is 30.8 Å². The topological polar surface area (TPSA) is 35.6 Å². The highest BCUT2D eigenvalue weighted by Gasteiger charge is 2.19. The maximum Gasteiger partial charge on any atom is 0.255 e. The van der Waals surface area contributed by atoms with Crippen molar-refractivity contribution in [3.63, 3.8) is 0 Å². The first-order chi connectivity index (χ1) is 9.97. The largest absolute Gasteiger partial charge is 0.382 e. The molecule has 1 heterocycles.